The average Bonchev–Trinajstić information content (AvgIpc) is 2.81. The lowest BCUT2D eigenvalue weighted by Crippen LogP contribution is -2.33. The second kappa shape index (κ2) is 10.8. The molecule has 0 spiro atoms. The van der Waals surface area contributed by atoms with Crippen molar-refractivity contribution in [2.75, 3.05) is 43.0 Å². The molecule has 0 aliphatic carbocycles. The van der Waals surface area contributed by atoms with E-state index in [1.54, 1.807) is 38.1 Å². The lowest BCUT2D eigenvalue weighted by Gasteiger charge is -2.31. The molecular weight excluding hydrogens is 426 g/mol. The number of para-hydroxylation sites is 2. The summed E-state index contributed by atoms with van der Waals surface area (Å²) in [7, 11) is -3.68. The first-order valence-corrected chi connectivity index (χ1v) is 12.8. The summed E-state index contributed by atoms with van der Waals surface area (Å²) < 4.78 is 33.3. The molecule has 3 rings (SSSR count). The maximum absolute atomic E-state index is 13.4. The van der Waals surface area contributed by atoms with Gasteiger partial charge in [-0.2, -0.15) is 4.31 Å². The number of rotatable bonds is 9. The van der Waals surface area contributed by atoms with E-state index in [-0.39, 0.29) is 10.8 Å². The Morgan fingerprint density at radius 3 is 2.38 bits per heavy atom. The molecule has 2 aromatic carbocycles. The van der Waals surface area contributed by atoms with Gasteiger partial charge in [0.1, 0.15) is 5.75 Å². The van der Waals surface area contributed by atoms with Crippen LogP contribution >= 0.6 is 0 Å². The maximum atomic E-state index is 13.4. The fraction of sp³-hybridized carbons (Fsp3) is 0.458. The average molecular weight is 460 g/mol. The van der Waals surface area contributed by atoms with Crippen LogP contribution < -0.4 is 15.0 Å². The Kier molecular flexibility index (Phi) is 8.15. The van der Waals surface area contributed by atoms with E-state index < -0.39 is 10.0 Å². The van der Waals surface area contributed by atoms with E-state index in [1.807, 2.05) is 19.1 Å². The minimum Gasteiger partial charge on any atom is -0.492 e. The summed E-state index contributed by atoms with van der Waals surface area (Å²) in [6.45, 7) is 8.41. The van der Waals surface area contributed by atoms with Gasteiger partial charge in [0, 0.05) is 31.9 Å². The first-order valence-electron chi connectivity index (χ1n) is 11.3. The zero-order chi connectivity index (χ0) is 23.1. The number of ether oxygens (including phenoxy) is 1. The molecule has 0 atom stereocenters. The van der Waals surface area contributed by atoms with Gasteiger partial charge in [-0.1, -0.05) is 26.0 Å². The van der Waals surface area contributed by atoms with Crippen molar-refractivity contribution in [2.24, 2.45) is 0 Å². The monoisotopic (exact) mass is 459 g/mol. The number of hydrogen-bond donors (Lipinski definition) is 1. The molecule has 8 heteroatoms. The summed E-state index contributed by atoms with van der Waals surface area (Å²) in [6, 6.07) is 12.1. The van der Waals surface area contributed by atoms with Crippen molar-refractivity contribution < 1.29 is 17.9 Å². The third-order valence-corrected chi connectivity index (χ3v) is 7.73. The molecule has 0 unspecified atom stereocenters. The molecule has 1 aliphatic rings. The summed E-state index contributed by atoms with van der Waals surface area (Å²) in [6.07, 6.45) is 3.26. The molecule has 1 N–H and O–H groups in total. The van der Waals surface area contributed by atoms with Crippen LogP contribution in [0.15, 0.2) is 47.4 Å². The summed E-state index contributed by atoms with van der Waals surface area (Å²) in [4.78, 5) is 15.7. The predicted octanol–water partition coefficient (Wildman–Crippen LogP) is 4.36. The predicted molar refractivity (Wildman–Crippen MR) is 128 cm³/mol. The van der Waals surface area contributed by atoms with Crippen LogP contribution in [0.1, 0.15) is 50.4 Å². The number of amides is 1. The van der Waals surface area contributed by atoms with Crippen molar-refractivity contribution >= 4 is 27.3 Å². The van der Waals surface area contributed by atoms with Crippen LogP contribution in [0.5, 0.6) is 5.75 Å². The lowest BCUT2D eigenvalue weighted by atomic mass is 10.1. The molecule has 174 valence electrons. The number of sulfonamides is 1. The van der Waals surface area contributed by atoms with Crippen LogP contribution in [-0.2, 0) is 10.0 Å². The second-order valence-corrected chi connectivity index (χ2v) is 9.64. The minimum atomic E-state index is -3.68. The van der Waals surface area contributed by atoms with Crippen molar-refractivity contribution in [1.29, 1.82) is 0 Å². The van der Waals surface area contributed by atoms with E-state index in [4.69, 9.17) is 4.74 Å². The highest BCUT2D eigenvalue weighted by Crippen LogP contribution is 2.30. The molecule has 7 nitrogen and oxygen atoms in total. The third kappa shape index (κ3) is 5.24. The molecule has 1 amide bonds. The Labute approximate surface area is 191 Å². The van der Waals surface area contributed by atoms with Gasteiger partial charge in [-0.25, -0.2) is 8.42 Å². The topological polar surface area (TPSA) is 78.9 Å². The van der Waals surface area contributed by atoms with Gasteiger partial charge in [-0.15, -0.1) is 0 Å². The maximum Gasteiger partial charge on any atom is 0.257 e. The van der Waals surface area contributed by atoms with Crippen molar-refractivity contribution in [2.45, 2.75) is 44.9 Å². The van der Waals surface area contributed by atoms with Crippen molar-refractivity contribution in [3.63, 3.8) is 0 Å². The lowest BCUT2D eigenvalue weighted by molar-refractivity contribution is 0.102. The Morgan fingerprint density at radius 2 is 1.72 bits per heavy atom. The van der Waals surface area contributed by atoms with E-state index in [0.29, 0.717) is 36.7 Å². The van der Waals surface area contributed by atoms with Crippen molar-refractivity contribution in [1.82, 2.24) is 4.31 Å². The van der Waals surface area contributed by atoms with Gasteiger partial charge < -0.3 is 15.0 Å². The van der Waals surface area contributed by atoms with E-state index in [0.717, 1.165) is 38.0 Å². The number of carbonyl (C=O) groups excluding carboxylic acids is 1. The van der Waals surface area contributed by atoms with Gasteiger partial charge in [0.25, 0.3) is 5.91 Å². The van der Waals surface area contributed by atoms with Crippen LogP contribution in [0.3, 0.4) is 0 Å². The second-order valence-electron chi connectivity index (χ2n) is 7.70. The first kappa shape index (κ1) is 24.1. The Hall–Kier alpha value is -2.58. The fourth-order valence-electron chi connectivity index (χ4n) is 4.02. The smallest absolute Gasteiger partial charge is 0.257 e. The number of nitrogens with zero attached hydrogens (tertiary/aromatic N) is 2. The molecule has 2 aromatic rings. The fourth-order valence-corrected chi connectivity index (χ4v) is 5.51. The molecule has 1 fully saturated rings. The number of nitrogens with one attached hydrogen (secondary N) is 1. The van der Waals surface area contributed by atoms with Crippen LogP contribution in [0.2, 0.25) is 0 Å². The summed E-state index contributed by atoms with van der Waals surface area (Å²) in [5.41, 5.74) is 1.67. The molecule has 1 saturated heterocycles. The zero-order valence-corrected chi connectivity index (χ0v) is 20.0. The van der Waals surface area contributed by atoms with E-state index in [1.165, 1.54) is 10.4 Å². The first-order chi connectivity index (χ1) is 15.4. The highest BCUT2D eigenvalue weighted by Gasteiger charge is 2.26. The number of anilines is 2. The quantitative estimate of drug-likeness (QED) is 0.603. The molecule has 1 heterocycles. The van der Waals surface area contributed by atoms with Gasteiger partial charge in [0.2, 0.25) is 10.0 Å². The number of piperidine rings is 1. The summed E-state index contributed by atoms with van der Waals surface area (Å²) in [5, 5.41) is 2.93. The molecule has 0 radical (unpaired) electrons. The van der Waals surface area contributed by atoms with Gasteiger partial charge >= 0.3 is 0 Å². The Bertz CT molecular complexity index is 1030. The van der Waals surface area contributed by atoms with Crippen molar-refractivity contribution in [3.05, 3.63) is 48.0 Å². The molecule has 0 saturated carbocycles. The molecule has 0 bridgehead atoms. The molecule has 32 heavy (non-hydrogen) atoms. The van der Waals surface area contributed by atoms with Crippen LogP contribution in [0, 0.1) is 0 Å². The summed E-state index contributed by atoms with van der Waals surface area (Å²) >= 11 is 0. The van der Waals surface area contributed by atoms with E-state index in [9.17, 15) is 13.2 Å². The largest absolute Gasteiger partial charge is 0.492 e. The van der Waals surface area contributed by atoms with Gasteiger partial charge in [0.05, 0.1) is 22.8 Å². The third-order valence-electron chi connectivity index (χ3n) is 5.69. The minimum absolute atomic E-state index is 0.130. The van der Waals surface area contributed by atoms with E-state index >= 15 is 0 Å². The molecular formula is C24H33N3O4S. The highest BCUT2D eigenvalue weighted by atomic mass is 32.2. The number of hydrogen-bond acceptors (Lipinski definition) is 5. The zero-order valence-electron chi connectivity index (χ0n) is 19.1. The Balaban J connectivity index is 2.03. The van der Waals surface area contributed by atoms with Gasteiger partial charge in [-0.05, 0) is 56.5 Å². The highest BCUT2D eigenvalue weighted by molar-refractivity contribution is 7.89. The number of carbonyl (C=O) groups is 1. The normalized spacial score (nSPS) is 14.4. The van der Waals surface area contributed by atoms with Crippen LogP contribution in [-0.4, -0.2) is 51.4 Å². The van der Waals surface area contributed by atoms with Gasteiger partial charge in [-0.3, -0.25) is 4.79 Å². The molecule has 1 aliphatic heterocycles. The number of benzene rings is 2. The Morgan fingerprint density at radius 1 is 1.03 bits per heavy atom. The SMILES string of the molecule is CCOc1ccccc1NC(=O)c1cc(S(=O)(=O)N(CC)CC)ccc1N1CCCCC1. The van der Waals surface area contributed by atoms with Crippen LogP contribution in [0.25, 0.3) is 0 Å². The van der Waals surface area contributed by atoms with Crippen molar-refractivity contribution in [3.8, 4) is 5.75 Å². The van der Waals surface area contributed by atoms with Gasteiger partial charge in [0.15, 0.2) is 0 Å². The molecule has 0 aromatic heterocycles. The standard InChI is InChI=1S/C24H33N3O4S/c1-4-27(5-2)32(29,30)19-14-15-22(26-16-10-7-11-17-26)20(18-19)24(28)25-21-12-8-9-13-23(21)31-6-3/h8-9,12-15,18H,4-7,10-11,16-17H2,1-3H3,(H,25,28). The summed E-state index contributed by atoms with van der Waals surface area (Å²) in [5.74, 6) is 0.226. The van der Waals surface area contributed by atoms with E-state index in [2.05, 4.69) is 10.2 Å². The van der Waals surface area contributed by atoms with Crippen LogP contribution in [0.4, 0.5) is 11.4 Å².